The number of sulfone groups is 1. The second-order valence-electron chi connectivity index (χ2n) is 6.99. The standard InChI is InChI=1S/C21H23NO5S/c1-15-12-19(16(2)22(15)18-10-11-28(25,26)14-18)20(23)13-27-21(24)9-8-17-6-4-3-5-7-17/h3-9,12,18H,10-11,13-14H2,1-2H3/b9-8+. The summed E-state index contributed by atoms with van der Waals surface area (Å²) >= 11 is 0. The smallest absolute Gasteiger partial charge is 0.331 e. The summed E-state index contributed by atoms with van der Waals surface area (Å²) in [7, 11) is -3.02. The molecule has 7 heteroatoms. The lowest BCUT2D eigenvalue weighted by Crippen LogP contribution is -2.16. The molecular weight excluding hydrogens is 378 g/mol. The van der Waals surface area contributed by atoms with Crippen LogP contribution in [0.5, 0.6) is 0 Å². The van der Waals surface area contributed by atoms with E-state index in [1.165, 1.54) is 6.08 Å². The van der Waals surface area contributed by atoms with E-state index in [-0.39, 0.29) is 29.9 Å². The molecule has 0 bridgehead atoms. The summed E-state index contributed by atoms with van der Waals surface area (Å²) in [5.41, 5.74) is 2.86. The van der Waals surface area contributed by atoms with Gasteiger partial charge >= 0.3 is 5.97 Å². The van der Waals surface area contributed by atoms with Gasteiger partial charge in [-0.05, 0) is 38.0 Å². The highest BCUT2D eigenvalue weighted by molar-refractivity contribution is 7.91. The third kappa shape index (κ3) is 4.59. The highest BCUT2D eigenvalue weighted by atomic mass is 32.2. The minimum atomic E-state index is -3.02. The summed E-state index contributed by atoms with van der Waals surface area (Å²) in [6.07, 6.45) is 3.46. The van der Waals surface area contributed by atoms with Crippen molar-refractivity contribution in [1.29, 1.82) is 0 Å². The maximum atomic E-state index is 12.5. The molecule has 0 radical (unpaired) electrons. The molecule has 1 aromatic heterocycles. The van der Waals surface area contributed by atoms with Gasteiger partial charge in [-0.3, -0.25) is 4.79 Å². The maximum Gasteiger partial charge on any atom is 0.331 e. The Morgan fingerprint density at radius 2 is 1.93 bits per heavy atom. The number of aromatic nitrogens is 1. The molecule has 0 spiro atoms. The average Bonchev–Trinajstić information content (AvgIpc) is 3.16. The molecule has 28 heavy (non-hydrogen) atoms. The summed E-state index contributed by atoms with van der Waals surface area (Å²) in [5, 5.41) is 0. The van der Waals surface area contributed by atoms with E-state index in [0.29, 0.717) is 17.7 Å². The molecule has 0 amide bonds. The van der Waals surface area contributed by atoms with Crippen LogP contribution < -0.4 is 0 Å². The van der Waals surface area contributed by atoms with Crippen LogP contribution in [0, 0.1) is 13.8 Å². The van der Waals surface area contributed by atoms with Gasteiger partial charge in [0, 0.05) is 29.1 Å². The third-order valence-corrected chi connectivity index (χ3v) is 6.67. The average molecular weight is 401 g/mol. The second kappa shape index (κ2) is 8.14. The van der Waals surface area contributed by atoms with Crippen LogP contribution in [0.15, 0.2) is 42.5 Å². The first-order valence-electron chi connectivity index (χ1n) is 9.09. The number of nitrogens with zero attached hydrogens (tertiary/aromatic N) is 1. The predicted molar refractivity (Wildman–Crippen MR) is 107 cm³/mol. The first-order valence-corrected chi connectivity index (χ1v) is 10.9. The molecule has 1 atom stereocenters. The number of ether oxygens (including phenoxy) is 1. The predicted octanol–water partition coefficient (Wildman–Crippen LogP) is 2.90. The molecule has 148 valence electrons. The zero-order chi connectivity index (χ0) is 20.3. The summed E-state index contributed by atoms with van der Waals surface area (Å²) < 4.78 is 30.5. The Balaban J connectivity index is 1.64. The van der Waals surface area contributed by atoms with Crippen molar-refractivity contribution in [3.63, 3.8) is 0 Å². The fourth-order valence-corrected chi connectivity index (χ4v) is 5.29. The van der Waals surface area contributed by atoms with E-state index >= 15 is 0 Å². The molecule has 0 saturated carbocycles. The number of ketones is 1. The topological polar surface area (TPSA) is 82.4 Å². The van der Waals surface area contributed by atoms with Gasteiger partial charge in [0.05, 0.1) is 11.5 Å². The van der Waals surface area contributed by atoms with Gasteiger partial charge in [-0.2, -0.15) is 0 Å². The van der Waals surface area contributed by atoms with E-state index < -0.39 is 15.8 Å². The van der Waals surface area contributed by atoms with Crippen molar-refractivity contribution >= 4 is 27.7 Å². The molecule has 2 heterocycles. The van der Waals surface area contributed by atoms with Gasteiger partial charge in [0.2, 0.25) is 5.78 Å². The van der Waals surface area contributed by atoms with Gasteiger partial charge < -0.3 is 9.30 Å². The maximum absolute atomic E-state index is 12.5. The van der Waals surface area contributed by atoms with Crippen molar-refractivity contribution in [3.05, 3.63) is 65.0 Å². The van der Waals surface area contributed by atoms with E-state index in [1.807, 2.05) is 41.8 Å². The van der Waals surface area contributed by atoms with Crippen LogP contribution in [0.3, 0.4) is 0 Å². The van der Waals surface area contributed by atoms with Gasteiger partial charge in [0.25, 0.3) is 0 Å². The van der Waals surface area contributed by atoms with E-state index in [1.54, 1.807) is 19.1 Å². The quantitative estimate of drug-likeness (QED) is 0.422. The van der Waals surface area contributed by atoms with Crippen LogP contribution in [0.2, 0.25) is 0 Å². The fourth-order valence-electron chi connectivity index (χ4n) is 3.59. The van der Waals surface area contributed by atoms with Crippen LogP contribution in [-0.4, -0.2) is 42.9 Å². The van der Waals surface area contributed by atoms with Crippen molar-refractivity contribution in [1.82, 2.24) is 4.57 Å². The Hall–Kier alpha value is -2.67. The van der Waals surface area contributed by atoms with Crippen molar-refractivity contribution in [2.75, 3.05) is 18.1 Å². The number of carbonyl (C=O) groups excluding carboxylic acids is 2. The molecule has 1 unspecified atom stereocenters. The molecule has 3 rings (SSSR count). The van der Waals surface area contributed by atoms with E-state index in [4.69, 9.17) is 4.74 Å². The van der Waals surface area contributed by atoms with Crippen LogP contribution in [-0.2, 0) is 19.4 Å². The Bertz CT molecular complexity index is 1020. The molecule has 6 nitrogen and oxygen atoms in total. The monoisotopic (exact) mass is 401 g/mol. The molecule has 1 aromatic carbocycles. The van der Waals surface area contributed by atoms with Crippen molar-refractivity contribution < 1.29 is 22.7 Å². The Morgan fingerprint density at radius 1 is 1.21 bits per heavy atom. The molecule has 0 N–H and O–H groups in total. The van der Waals surface area contributed by atoms with E-state index in [9.17, 15) is 18.0 Å². The number of hydrogen-bond donors (Lipinski definition) is 0. The fraction of sp³-hybridized carbons (Fsp3) is 0.333. The van der Waals surface area contributed by atoms with E-state index in [2.05, 4.69) is 0 Å². The normalized spacial score (nSPS) is 18.4. The molecule has 1 fully saturated rings. The van der Waals surface area contributed by atoms with Crippen LogP contribution >= 0.6 is 0 Å². The molecular formula is C21H23NO5S. The number of rotatable bonds is 6. The first kappa shape index (κ1) is 20.1. The minimum Gasteiger partial charge on any atom is -0.454 e. The molecule has 1 aliphatic heterocycles. The van der Waals surface area contributed by atoms with Crippen molar-refractivity contribution in [3.8, 4) is 0 Å². The molecule has 0 aliphatic carbocycles. The highest BCUT2D eigenvalue weighted by Gasteiger charge is 2.31. The number of Topliss-reactive ketones (excluding diaryl/α,β-unsaturated/α-hetero) is 1. The summed E-state index contributed by atoms with van der Waals surface area (Å²) in [6.45, 7) is 3.29. The van der Waals surface area contributed by atoms with Gasteiger partial charge in [-0.15, -0.1) is 0 Å². The van der Waals surface area contributed by atoms with Crippen molar-refractivity contribution in [2.24, 2.45) is 0 Å². The number of hydrogen-bond acceptors (Lipinski definition) is 5. The van der Waals surface area contributed by atoms with Gasteiger partial charge in [0.1, 0.15) is 0 Å². The lowest BCUT2D eigenvalue weighted by Gasteiger charge is -2.16. The summed E-state index contributed by atoms with van der Waals surface area (Å²) in [5.74, 6) is -0.630. The van der Waals surface area contributed by atoms with E-state index in [0.717, 1.165) is 11.3 Å². The summed E-state index contributed by atoms with van der Waals surface area (Å²) in [6, 6.07) is 10.9. The zero-order valence-electron chi connectivity index (χ0n) is 15.9. The molecule has 2 aromatic rings. The zero-order valence-corrected chi connectivity index (χ0v) is 16.7. The van der Waals surface area contributed by atoms with Crippen LogP contribution in [0.1, 0.15) is 39.8 Å². The summed E-state index contributed by atoms with van der Waals surface area (Å²) in [4.78, 5) is 24.4. The number of aryl methyl sites for hydroxylation is 1. The van der Waals surface area contributed by atoms with Gasteiger partial charge in [-0.25, -0.2) is 13.2 Å². The first-order chi connectivity index (χ1) is 13.3. The number of esters is 1. The Kier molecular flexibility index (Phi) is 5.84. The lowest BCUT2D eigenvalue weighted by atomic mass is 10.1. The Morgan fingerprint density at radius 3 is 2.57 bits per heavy atom. The molecule has 1 aliphatic rings. The van der Waals surface area contributed by atoms with Gasteiger partial charge in [-0.1, -0.05) is 30.3 Å². The number of benzene rings is 1. The Labute approximate surface area is 164 Å². The largest absolute Gasteiger partial charge is 0.454 e. The second-order valence-corrected chi connectivity index (χ2v) is 9.22. The SMILES string of the molecule is Cc1cc(C(=O)COC(=O)/C=C/c2ccccc2)c(C)n1C1CCS(=O)(=O)C1. The third-order valence-electron chi connectivity index (χ3n) is 4.92. The van der Waals surface area contributed by atoms with Crippen LogP contribution in [0.4, 0.5) is 0 Å². The minimum absolute atomic E-state index is 0.0935. The number of carbonyl (C=O) groups is 2. The van der Waals surface area contributed by atoms with Crippen LogP contribution in [0.25, 0.3) is 6.08 Å². The highest BCUT2D eigenvalue weighted by Crippen LogP contribution is 2.29. The lowest BCUT2D eigenvalue weighted by molar-refractivity contribution is -0.136. The molecule has 1 saturated heterocycles. The van der Waals surface area contributed by atoms with Gasteiger partial charge in [0.15, 0.2) is 16.4 Å². The van der Waals surface area contributed by atoms with Crippen molar-refractivity contribution in [2.45, 2.75) is 26.3 Å².